The number of hydrogen-bond acceptors (Lipinski definition) is 14. The molecule has 1 aromatic carbocycles. The van der Waals surface area contributed by atoms with Crippen molar-refractivity contribution in [3.05, 3.63) is 27.8 Å². The fourth-order valence-corrected chi connectivity index (χ4v) is 4.20. The molecule has 0 bridgehead atoms. The normalized spacial score (nSPS) is 15.5. The monoisotopic (exact) mass is 621 g/mol. The van der Waals surface area contributed by atoms with Crippen LogP contribution in [0.5, 0.6) is 11.5 Å². The summed E-state index contributed by atoms with van der Waals surface area (Å²) in [5, 5.41) is 38.9. The van der Waals surface area contributed by atoms with Crippen molar-refractivity contribution >= 4 is 5.69 Å². The summed E-state index contributed by atoms with van der Waals surface area (Å²) in [6.07, 6.45) is 2.32. The van der Waals surface area contributed by atoms with Gasteiger partial charge in [-0.3, -0.25) is 10.1 Å². The van der Waals surface area contributed by atoms with E-state index in [9.17, 15) is 10.1 Å². The molecule has 1 heterocycles. The number of ether oxygens (including phenoxy) is 9. The lowest BCUT2D eigenvalue weighted by Crippen LogP contribution is -2.42. The van der Waals surface area contributed by atoms with Gasteiger partial charge >= 0.3 is 0 Å². The van der Waals surface area contributed by atoms with Gasteiger partial charge in [-0.05, 0) is 25.3 Å². The van der Waals surface area contributed by atoms with E-state index in [1.807, 2.05) is 0 Å². The van der Waals surface area contributed by atoms with Gasteiger partial charge in [0.25, 0.3) is 5.69 Å². The zero-order chi connectivity index (χ0) is 31.2. The summed E-state index contributed by atoms with van der Waals surface area (Å²) in [5.74, 6) is 0.550. The van der Waals surface area contributed by atoms with Gasteiger partial charge in [0, 0.05) is 6.61 Å². The lowest BCUT2D eigenvalue weighted by molar-refractivity contribution is -0.386. The van der Waals surface area contributed by atoms with Gasteiger partial charge in [0.2, 0.25) is 0 Å². The molecule has 1 aliphatic heterocycles. The van der Waals surface area contributed by atoms with Crippen molar-refractivity contribution in [2.75, 3.05) is 106 Å². The number of methoxy groups -OCH3 is 1. The molecule has 0 radical (unpaired) electrons. The Morgan fingerprint density at radius 1 is 0.837 bits per heavy atom. The second kappa shape index (κ2) is 22.3. The van der Waals surface area contributed by atoms with Gasteiger partial charge in [-0.15, -0.1) is 0 Å². The van der Waals surface area contributed by atoms with E-state index in [0.29, 0.717) is 17.9 Å². The first-order valence-electron chi connectivity index (χ1n) is 14.4. The van der Waals surface area contributed by atoms with Crippen LogP contribution in [0.4, 0.5) is 5.69 Å². The van der Waals surface area contributed by atoms with Crippen LogP contribution in [0.15, 0.2) is 12.1 Å². The predicted molar refractivity (Wildman–Crippen MR) is 151 cm³/mol. The van der Waals surface area contributed by atoms with Crippen LogP contribution in [0.3, 0.4) is 0 Å². The van der Waals surface area contributed by atoms with Gasteiger partial charge in [0.15, 0.2) is 17.8 Å². The van der Waals surface area contributed by atoms with Gasteiger partial charge in [0.05, 0.1) is 122 Å². The second-order valence-corrected chi connectivity index (χ2v) is 9.84. The summed E-state index contributed by atoms with van der Waals surface area (Å²) in [7, 11) is 1.45. The maximum absolute atomic E-state index is 11.7. The van der Waals surface area contributed by atoms with Crippen LogP contribution in [0.1, 0.15) is 24.8 Å². The molecule has 15 nitrogen and oxygen atoms in total. The average molecular weight is 622 g/mol. The summed E-state index contributed by atoms with van der Waals surface area (Å²) in [6.45, 7) is 2.05. The summed E-state index contributed by atoms with van der Waals surface area (Å²) in [4.78, 5) is 11.2. The fourth-order valence-electron chi connectivity index (χ4n) is 4.20. The highest BCUT2D eigenvalue weighted by molar-refractivity contribution is 5.54. The first-order chi connectivity index (χ1) is 21.0. The molecular weight excluding hydrogens is 574 g/mol. The van der Waals surface area contributed by atoms with Crippen molar-refractivity contribution in [2.24, 2.45) is 5.41 Å². The summed E-state index contributed by atoms with van der Waals surface area (Å²) >= 11 is 0. The first kappa shape index (κ1) is 37.0. The van der Waals surface area contributed by atoms with Crippen molar-refractivity contribution in [2.45, 2.75) is 32.2 Å². The zero-order valence-electron chi connectivity index (χ0n) is 24.9. The number of nitrogens with zero attached hydrogens (tertiary/aromatic N) is 1. The molecule has 0 amide bonds. The van der Waals surface area contributed by atoms with E-state index in [-0.39, 0.29) is 117 Å². The Kier molecular flexibility index (Phi) is 19.2. The van der Waals surface area contributed by atoms with Crippen LogP contribution >= 0.6 is 0 Å². The molecule has 0 saturated carbocycles. The van der Waals surface area contributed by atoms with Gasteiger partial charge in [0.1, 0.15) is 6.61 Å². The van der Waals surface area contributed by atoms with E-state index in [2.05, 4.69) is 0 Å². The number of aliphatic hydroxyl groups excluding tert-OH is 3. The highest BCUT2D eigenvalue weighted by Crippen LogP contribution is 2.35. The molecular formula is C28H47NO14. The van der Waals surface area contributed by atoms with Crippen LogP contribution < -0.4 is 9.47 Å². The Hall–Kier alpha value is -2.18. The molecule has 15 heteroatoms. The van der Waals surface area contributed by atoms with Crippen molar-refractivity contribution in [1.82, 2.24) is 0 Å². The largest absolute Gasteiger partial charge is 0.493 e. The molecule has 0 aliphatic carbocycles. The maximum atomic E-state index is 11.7. The predicted octanol–water partition coefficient (Wildman–Crippen LogP) is 1.07. The average Bonchev–Trinajstić information content (AvgIpc) is 3.02. The van der Waals surface area contributed by atoms with E-state index in [4.69, 9.17) is 58.0 Å². The Morgan fingerprint density at radius 2 is 1.42 bits per heavy atom. The van der Waals surface area contributed by atoms with Crippen LogP contribution in [-0.4, -0.2) is 133 Å². The zero-order valence-corrected chi connectivity index (χ0v) is 24.9. The Morgan fingerprint density at radius 3 is 1.95 bits per heavy atom. The van der Waals surface area contributed by atoms with Crippen molar-refractivity contribution < 1.29 is 62.9 Å². The standard InChI is InChI=1S/C28H47NO14/c1-35-25-16-23(18-43-27-4-2-3-8-42-27)24(29(33)34)17-26(25)41-15-14-36-12-13-40-22-28(19-37-9-5-30,20-38-10-6-31)21-39-11-7-32/h16-17,27,30-32H,2-15,18-22H2,1H3. The van der Waals surface area contributed by atoms with Crippen molar-refractivity contribution in [3.63, 3.8) is 0 Å². The van der Waals surface area contributed by atoms with E-state index in [1.54, 1.807) is 0 Å². The minimum Gasteiger partial charge on any atom is -0.493 e. The topological polar surface area (TPSA) is 187 Å². The van der Waals surface area contributed by atoms with Gasteiger partial charge in [-0.25, -0.2) is 0 Å². The van der Waals surface area contributed by atoms with Crippen molar-refractivity contribution in [3.8, 4) is 11.5 Å². The molecule has 248 valence electrons. The highest BCUT2D eigenvalue weighted by atomic mass is 16.7. The number of hydrogen-bond donors (Lipinski definition) is 3. The number of aliphatic hydroxyl groups is 3. The Labute approximate surface area is 252 Å². The lowest BCUT2D eigenvalue weighted by Gasteiger charge is -2.32. The van der Waals surface area contributed by atoms with E-state index in [1.165, 1.54) is 19.2 Å². The summed E-state index contributed by atoms with van der Waals surface area (Å²) < 4.78 is 50.4. The Bertz CT molecular complexity index is 857. The molecule has 43 heavy (non-hydrogen) atoms. The van der Waals surface area contributed by atoms with Crippen molar-refractivity contribution in [1.29, 1.82) is 0 Å². The van der Waals surface area contributed by atoms with Crippen LogP contribution in [0, 0.1) is 15.5 Å². The van der Waals surface area contributed by atoms with Gasteiger partial charge < -0.3 is 58.0 Å². The smallest absolute Gasteiger partial charge is 0.278 e. The van der Waals surface area contributed by atoms with E-state index in [0.717, 1.165) is 19.3 Å². The van der Waals surface area contributed by atoms with E-state index >= 15 is 0 Å². The second-order valence-electron chi connectivity index (χ2n) is 9.84. The third kappa shape index (κ3) is 14.4. The van der Waals surface area contributed by atoms with Crippen LogP contribution in [0.25, 0.3) is 0 Å². The molecule has 3 N–H and O–H groups in total. The fraction of sp³-hybridized carbons (Fsp3) is 0.786. The maximum Gasteiger partial charge on any atom is 0.278 e. The van der Waals surface area contributed by atoms with E-state index < -0.39 is 10.3 Å². The summed E-state index contributed by atoms with van der Waals surface area (Å²) in [6, 6.07) is 2.86. The molecule has 1 aromatic rings. The highest BCUT2D eigenvalue weighted by Gasteiger charge is 2.32. The molecule has 1 atom stereocenters. The minimum absolute atomic E-state index is 0.0106. The van der Waals surface area contributed by atoms with Crippen LogP contribution in [-0.2, 0) is 39.8 Å². The SMILES string of the molecule is COc1cc(COC2CCCCO2)c([N+](=O)[O-])cc1OCCOCCOCC(COCCO)(COCCO)COCCO. The number of rotatable bonds is 26. The molecule has 0 spiro atoms. The molecule has 1 fully saturated rings. The molecule has 1 aliphatic rings. The minimum atomic E-state index is -0.728. The van der Waals surface area contributed by atoms with Crippen LogP contribution in [0.2, 0.25) is 0 Å². The first-order valence-corrected chi connectivity index (χ1v) is 14.4. The lowest BCUT2D eigenvalue weighted by atomic mass is 9.92. The number of nitro groups is 1. The molecule has 2 rings (SSSR count). The van der Waals surface area contributed by atoms with Gasteiger partial charge in [-0.1, -0.05) is 0 Å². The quantitative estimate of drug-likeness (QED) is 0.0757. The summed E-state index contributed by atoms with van der Waals surface area (Å²) in [5.41, 5.74) is -0.509. The number of benzene rings is 1. The van der Waals surface area contributed by atoms with Gasteiger partial charge in [-0.2, -0.15) is 0 Å². The molecule has 1 unspecified atom stereocenters. The Balaban J connectivity index is 1.82. The third-order valence-electron chi connectivity index (χ3n) is 6.32. The number of nitro benzene ring substituents is 1. The molecule has 1 saturated heterocycles. The molecule has 0 aromatic heterocycles. The third-order valence-corrected chi connectivity index (χ3v) is 6.32.